The summed E-state index contributed by atoms with van der Waals surface area (Å²) < 4.78 is 18.9. The summed E-state index contributed by atoms with van der Waals surface area (Å²) in [6.07, 6.45) is 3.01. The summed E-state index contributed by atoms with van der Waals surface area (Å²) in [5.74, 6) is 0.178. The number of unbranched alkanes of at least 4 members (excludes halogenated alkanes) is 1. The summed E-state index contributed by atoms with van der Waals surface area (Å²) in [5.41, 5.74) is 0.839. The van der Waals surface area contributed by atoms with Crippen LogP contribution in [0.3, 0.4) is 0 Å². The molecule has 1 aromatic rings. The summed E-state index contributed by atoms with van der Waals surface area (Å²) in [7, 11) is 1.52. The molecule has 0 saturated heterocycles. The highest BCUT2D eigenvalue weighted by Crippen LogP contribution is 2.36. The molecule has 0 aliphatic heterocycles. The average Bonchev–Trinajstić information content (AvgIpc) is 2.28. The molecule has 0 bridgehead atoms. The molecular formula is C12H15BrClFO. The van der Waals surface area contributed by atoms with Crippen molar-refractivity contribution in [1.29, 1.82) is 0 Å². The van der Waals surface area contributed by atoms with Crippen molar-refractivity contribution in [2.75, 3.05) is 7.11 Å². The molecule has 1 unspecified atom stereocenters. The van der Waals surface area contributed by atoms with E-state index in [0.717, 1.165) is 24.8 Å². The number of methoxy groups -OCH3 is 1. The van der Waals surface area contributed by atoms with E-state index in [0.29, 0.717) is 10.2 Å². The molecule has 16 heavy (non-hydrogen) atoms. The first-order chi connectivity index (χ1) is 7.60. The third kappa shape index (κ3) is 3.36. The largest absolute Gasteiger partial charge is 0.496 e. The lowest BCUT2D eigenvalue weighted by Gasteiger charge is -2.14. The van der Waals surface area contributed by atoms with Gasteiger partial charge in [0.1, 0.15) is 11.6 Å². The minimum absolute atomic E-state index is 0.133. The van der Waals surface area contributed by atoms with Gasteiger partial charge in [-0.3, -0.25) is 0 Å². The van der Waals surface area contributed by atoms with Gasteiger partial charge in [-0.1, -0.05) is 19.8 Å². The highest BCUT2D eigenvalue weighted by molar-refractivity contribution is 9.10. The fourth-order valence-electron chi connectivity index (χ4n) is 1.50. The van der Waals surface area contributed by atoms with Crippen molar-refractivity contribution in [2.24, 2.45) is 0 Å². The van der Waals surface area contributed by atoms with E-state index < -0.39 is 0 Å². The molecule has 4 heteroatoms. The van der Waals surface area contributed by atoms with Crippen molar-refractivity contribution in [3.8, 4) is 5.75 Å². The predicted molar refractivity (Wildman–Crippen MR) is 68.8 cm³/mol. The van der Waals surface area contributed by atoms with Crippen molar-refractivity contribution >= 4 is 27.5 Å². The molecule has 1 atom stereocenters. The maximum Gasteiger partial charge on any atom is 0.141 e. The second-order valence-corrected chi connectivity index (χ2v) is 5.00. The summed E-state index contributed by atoms with van der Waals surface area (Å²) in [4.78, 5) is 0. The smallest absolute Gasteiger partial charge is 0.141 e. The number of hydrogen-bond acceptors (Lipinski definition) is 1. The van der Waals surface area contributed by atoms with Gasteiger partial charge in [0.25, 0.3) is 0 Å². The highest BCUT2D eigenvalue weighted by atomic mass is 79.9. The molecule has 1 rings (SSSR count). The SMILES string of the molecule is CCCCC(Cl)c1cc(Br)c(F)cc1OC. The van der Waals surface area contributed by atoms with Crippen LogP contribution < -0.4 is 4.74 Å². The number of ether oxygens (including phenoxy) is 1. The Morgan fingerprint density at radius 1 is 1.50 bits per heavy atom. The molecule has 0 aliphatic rings. The van der Waals surface area contributed by atoms with E-state index in [1.165, 1.54) is 13.2 Å². The third-order valence-corrected chi connectivity index (χ3v) is 3.48. The van der Waals surface area contributed by atoms with Crippen molar-refractivity contribution in [3.05, 3.63) is 28.0 Å². The zero-order valence-electron chi connectivity index (χ0n) is 9.40. The van der Waals surface area contributed by atoms with Crippen LogP contribution in [-0.4, -0.2) is 7.11 Å². The number of hydrogen-bond donors (Lipinski definition) is 0. The monoisotopic (exact) mass is 308 g/mol. The van der Waals surface area contributed by atoms with Crippen LogP contribution in [0.15, 0.2) is 16.6 Å². The quantitative estimate of drug-likeness (QED) is 0.690. The van der Waals surface area contributed by atoms with Crippen LogP contribution in [0.2, 0.25) is 0 Å². The van der Waals surface area contributed by atoms with Gasteiger partial charge < -0.3 is 4.74 Å². The van der Waals surface area contributed by atoms with Gasteiger partial charge in [0.05, 0.1) is 17.0 Å². The molecule has 0 aliphatic carbocycles. The molecule has 1 nitrogen and oxygen atoms in total. The number of alkyl halides is 1. The first-order valence-corrected chi connectivity index (χ1v) is 6.50. The van der Waals surface area contributed by atoms with Crippen molar-refractivity contribution in [2.45, 2.75) is 31.6 Å². The fraction of sp³-hybridized carbons (Fsp3) is 0.500. The number of rotatable bonds is 5. The van der Waals surface area contributed by atoms with Gasteiger partial charge in [0.15, 0.2) is 0 Å². The molecule has 0 saturated carbocycles. The molecule has 0 radical (unpaired) electrons. The second kappa shape index (κ2) is 6.45. The van der Waals surface area contributed by atoms with Gasteiger partial charge in [-0.2, -0.15) is 0 Å². The summed E-state index contributed by atoms with van der Waals surface area (Å²) in [6.45, 7) is 2.11. The first-order valence-electron chi connectivity index (χ1n) is 5.27. The minimum atomic E-state index is -0.333. The van der Waals surface area contributed by atoms with Crippen molar-refractivity contribution in [3.63, 3.8) is 0 Å². The van der Waals surface area contributed by atoms with Crippen LogP contribution in [0, 0.1) is 5.82 Å². The number of benzene rings is 1. The molecule has 90 valence electrons. The molecule has 1 aromatic carbocycles. The van der Waals surface area contributed by atoms with E-state index in [-0.39, 0.29) is 11.2 Å². The lowest BCUT2D eigenvalue weighted by Crippen LogP contribution is -1.97. The normalized spacial score (nSPS) is 12.6. The molecule has 0 fully saturated rings. The lowest BCUT2D eigenvalue weighted by molar-refractivity contribution is 0.404. The van der Waals surface area contributed by atoms with Gasteiger partial charge in [0, 0.05) is 11.6 Å². The maximum absolute atomic E-state index is 13.3. The van der Waals surface area contributed by atoms with E-state index in [2.05, 4.69) is 22.9 Å². The highest BCUT2D eigenvalue weighted by Gasteiger charge is 2.16. The predicted octanol–water partition coefficient (Wildman–Crippen LogP) is 5.07. The van der Waals surface area contributed by atoms with E-state index in [9.17, 15) is 4.39 Å². The zero-order valence-corrected chi connectivity index (χ0v) is 11.7. The summed E-state index contributed by atoms with van der Waals surface area (Å²) >= 11 is 9.43. The second-order valence-electron chi connectivity index (χ2n) is 3.62. The Hall–Kier alpha value is -0.280. The minimum Gasteiger partial charge on any atom is -0.496 e. The Morgan fingerprint density at radius 3 is 2.75 bits per heavy atom. The number of halogens is 3. The first kappa shape index (κ1) is 13.8. The lowest BCUT2D eigenvalue weighted by atomic mass is 10.1. The van der Waals surface area contributed by atoms with Crippen LogP contribution >= 0.6 is 27.5 Å². The van der Waals surface area contributed by atoms with Crippen LogP contribution in [0.5, 0.6) is 5.75 Å². The molecule has 0 spiro atoms. The van der Waals surface area contributed by atoms with Crippen LogP contribution in [0.1, 0.15) is 37.1 Å². The van der Waals surface area contributed by atoms with Crippen molar-refractivity contribution < 1.29 is 9.13 Å². The Bertz CT molecular complexity index is 357. The summed E-state index contributed by atoms with van der Waals surface area (Å²) in [5, 5.41) is -0.133. The Labute approximate surface area is 109 Å². The van der Waals surface area contributed by atoms with Gasteiger partial charge in [-0.05, 0) is 28.4 Å². The third-order valence-electron chi connectivity index (χ3n) is 2.42. The van der Waals surface area contributed by atoms with E-state index >= 15 is 0 Å². The van der Waals surface area contributed by atoms with Crippen LogP contribution in [0.4, 0.5) is 4.39 Å². The van der Waals surface area contributed by atoms with Crippen LogP contribution in [0.25, 0.3) is 0 Å². The molecule has 0 aromatic heterocycles. The van der Waals surface area contributed by atoms with Gasteiger partial charge in [0.2, 0.25) is 0 Å². The van der Waals surface area contributed by atoms with E-state index in [1.54, 1.807) is 6.07 Å². The molecule has 0 N–H and O–H groups in total. The zero-order chi connectivity index (χ0) is 12.1. The molecule has 0 heterocycles. The van der Waals surface area contributed by atoms with Crippen molar-refractivity contribution in [1.82, 2.24) is 0 Å². The topological polar surface area (TPSA) is 9.23 Å². The molecule has 0 amide bonds. The van der Waals surface area contributed by atoms with Gasteiger partial charge >= 0.3 is 0 Å². The fourth-order valence-corrected chi connectivity index (χ4v) is 2.19. The Balaban J connectivity index is 2.96. The summed E-state index contributed by atoms with van der Waals surface area (Å²) in [6, 6.07) is 3.06. The Kier molecular flexibility index (Phi) is 5.56. The average molecular weight is 310 g/mol. The standard InChI is InChI=1S/C12H15BrClFO/c1-3-4-5-10(14)8-6-9(13)11(15)7-12(8)16-2/h6-7,10H,3-5H2,1-2H3. The van der Waals surface area contributed by atoms with E-state index in [4.69, 9.17) is 16.3 Å². The maximum atomic E-state index is 13.3. The Morgan fingerprint density at radius 2 is 2.19 bits per heavy atom. The molecular weight excluding hydrogens is 294 g/mol. The van der Waals surface area contributed by atoms with Gasteiger partial charge in [-0.15, -0.1) is 11.6 Å². The van der Waals surface area contributed by atoms with Crippen LogP contribution in [-0.2, 0) is 0 Å². The van der Waals surface area contributed by atoms with Gasteiger partial charge in [-0.25, -0.2) is 4.39 Å². The van der Waals surface area contributed by atoms with E-state index in [1.807, 2.05) is 0 Å².